The molecule has 2 aliphatic heterocycles. The molecule has 0 aromatic heterocycles. The summed E-state index contributed by atoms with van der Waals surface area (Å²) in [6, 6.07) is 20.6. The first kappa shape index (κ1) is 19.8. The molecule has 2 atom stereocenters. The van der Waals surface area contributed by atoms with Crippen LogP contribution in [0.5, 0.6) is 0 Å². The van der Waals surface area contributed by atoms with Crippen molar-refractivity contribution in [1.82, 2.24) is 10.2 Å². The predicted octanol–water partition coefficient (Wildman–Crippen LogP) is 3.18. The van der Waals surface area contributed by atoms with Crippen LogP contribution in [0.2, 0.25) is 0 Å². The fraction of sp³-hybridized carbons (Fsp3) is 0.478. The van der Waals surface area contributed by atoms with Crippen molar-refractivity contribution in [2.24, 2.45) is 5.92 Å². The summed E-state index contributed by atoms with van der Waals surface area (Å²) in [5.74, 6) is 0.708. The molecule has 0 bridgehead atoms. The minimum atomic E-state index is -1.05. The second kappa shape index (κ2) is 9.79. The van der Waals surface area contributed by atoms with Crippen molar-refractivity contribution < 1.29 is 8.95 Å². The molecule has 4 nitrogen and oxygen atoms in total. The van der Waals surface area contributed by atoms with Gasteiger partial charge in [0.25, 0.3) is 0 Å². The summed E-state index contributed by atoms with van der Waals surface area (Å²) >= 11 is 0. The molecule has 0 saturated carbocycles. The van der Waals surface area contributed by atoms with Crippen LogP contribution < -0.4 is 5.32 Å². The molecule has 28 heavy (non-hydrogen) atoms. The zero-order valence-electron chi connectivity index (χ0n) is 16.3. The molecular weight excluding hydrogens is 368 g/mol. The molecule has 2 unspecified atom stereocenters. The molecule has 0 aliphatic carbocycles. The van der Waals surface area contributed by atoms with Crippen LogP contribution in [0.15, 0.2) is 60.7 Å². The normalized spacial score (nSPS) is 23.0. The average Bonchev–Trinajstić information content (AvgIpc) is 2.76. The first-order valence-corrected chi connectivity index (χ1v) is 11.6. The molecule has 0 radical (unpaired) electrons. The van der Waals surface area contributed by atoms with E-state index in [1.165, 1.54) is 0 Å². The topological polar surface area (TPSA) is 41.6 Å². The second-order valence-corrected chi connectivity index (χ2v) is 9.49. The van der Waals surface area contributed by atoms with E-state index >= 15 is 0 Å². The number of nitrogens with one attached hydrogen (secondary N) is 1. The van der Waals surface area contributed by atoms with Crippen molar-refractivity contribution in [2.45, 2.75) is 23.5 Å². The number of piperazine rings is 1. The van der Waals surface area contributed by atoms with Crippen LogP contribution in [0.25, 0.3) is 0 Å². The highest BCUT2D eigenvalue weighted by atomic mass is 32.2. The maximum Gasteiger partial charge on any atom is 0.0973 e. The summed E-state index contributed by atoms with van der Waals surface area (Å²) in [5, 5.41) is 3.42. The van der Waals surface area contributed by atoms with E-state index in [0.717, 1.165) is 63.4 Å². The standard InChI is InChI=1S/C23H30N2O2S/c26-28(22-18-25(14-13-24-22)17-19-11-15-27-16-12-19)23(20-7-3-1-4-8-20)21-9-5-2-6-10-21/h1-10,19,22-24H,11-18H2. The van der Waals surface area contributed by atoms with Gasteiger partial charge in [-0.05, 0) is 29.9 Å². The Morgan fingerprint density at radius 2 is 1.61 bits per heavy atom. The smallest absolute Gasteiger partial charge is 0.0973 e. The third kappa shape index (κ3) is 4.90. The highest BCUT2D eigenvalue weighted by molar-refractivity contribution is 7.86. The summed E-state index contributed by atoms with van der Waals surface area (Å²) in [6.07, 6.45) is 2.29. The average molecular weight is 399 g/mol. The van der Waals surface area contributed by atoms with Crippen LogP contribution >= 0.6 is 0 Å². The third-order valence-electron chi connectivity index (χ3n) is 5.80. The molecule has 2 saturated heterocycles. The van der Waals surface area contributed by atoms with E-state index in [2.05, 4.69) is 34.5 Å². The summed E-state index contributed by atoms with van der Waals surface area (Å²) in [5.41, 5.74) is 2.24. The van der Waals surface area contributed by atoms with Crippen molar-refractivity contribution in [2.75, 3.05) is 39.4 Å². The Morgan fingerprint density at radius 1 is 1.00 bits per heavy atom. The monoisotopic (exact) mass is 398 g/mol. The van der Waals surface area contributed by atoms with E-state index in [1.54, 1.807) is 0 Å². The zero-order valence-corrected chi connectivity index (χ0v) is 17.2. The van der Waals surface area contributed by atoms with Crippen molar-refractivity contribution >= 4 is 10.8 Å². The van der Waals surface area contributed by atoms with Crippen LogP contribution in [0, 0.1) is 5.92 Å². The van der Waals surface area contributed by atoms with E-state index < -0.39 is 10.8 Å². The van der Waals surface area contributed by atoms with Gasteiger partial charge in [0.1, 0.15) is 0 Å². The van der Waals surface area contributed by atoms with Gasteiger partial charge < -0.3 is 10.1 Å². The molecule has 2 aromatic rings. The predicted molar refractivity (Wildman–Crippen MR) is 115 cm³/mol. The lowest BCUT2D eigenvalue weighted by Crippen LogP contribution is -2.54. The van der Waals surface area contributed by atoms with Crippen LogP contribution in [-0.2, 0) is 15.5 Å². The van der Waals surface area contributed by atoms with E-state index in [9.17, 15) is 4.21 Å². The molecule has 0 amide bonds. The van der Waals surface area contributed by atoms with Gasteiger partial charge in [0, 0.05) is 39.4 Å². The van der Waals surface area contributed by atoms with Gasteiger partial charge in [0.05, 0.1) is 21.4 Å². The molecule has 4 rings (SSSR count). The van der Waals surface area contributed by atoms with E-state index in [4.69, 9.17) is 4.74 Å². The van der Waals surface area contributed by atoms with Crippen LogP contribution in [0.3, 0.4) is 0 Å². The Balaban J connectivity index is 1.49. The summed E-state index contributed by atoms with van der Waals surface area (Å²) in [7, 11) is -1.05. The SMILES string of the molecule is O=S(C1CN(CC2CCOCC2)CCN1)C(c1ccccc1)c1ccccc1. The highest BCUT2D eigenvalue weighted by Gasteiger charge is 2.32. The first-order valence-electron chi connectivity index (χ1n) is 10.3. The molecular formula is C23H30N2O2S. The lowest BCUT2D eigenvalue weighted by atomic mass is 9.99. The molecule has 2 aromatic carbocycles. The number of ether oxygens (including phenoxy) is 1. The van der Waals surface area contributed by atoms with Crippen molar-refractivity contribution in [3.63, 3.8) is 0 Å². The Labute approximate surface area is 170 Å². The van der Waals surface area contributed by atoms with Gasteiger partial charge in [0.2, 0.25) is 0 Å². The number of hydrogen-bond donors (Lipinski definition) is 1. The lowest BCUT2D eigenvalue weighted by molar-refractivity contribution is 0.0500. The Morgan fingerprint density at radius 3 is 2.21 bits per heavy atom. The fourth-order valence-corrected chi connectivity index (χ4v) is 6.09. The second-order valence-electron chi connectivity index (χ2n) is 7.79. The van der Waals surface area contributed by atoms with Gasteiger partial charge in [-0.2, -0.15) is 0 Å². The van der Waals surface area contributed by atoms with Gasteiger partial charge in [-0.15, -0.1) is 0 Å². The maximum atomic E-state index is 13.7. The molecule has 150 valence electrons. The van der Waals surface area contributed by atoms with Crippen molar-refractivity contribution in [3.8, 4) is 0 Å². The Hall–Kier alpha value is -1.53. The highest BCUT2D eigenvalue weighted by Crippen LogP contribution is 2.30. The number of rotatable bonds is 6. The molecule has 2 heterocycles. The van der Waals surface area contributed by atoms with Gasteiger partial charge >= 0.3 is 0 Å². The lowest BCUT2D eigenvalue weighted by Gasteiger charge is -2.37. The Bertz CT molecular complexity index is 710. The quantitative estimate of drug-likeness (QED) is 0.812. The molecule has 5 heteroatoms. The van der Waals surface area contributed by atoms with Crippen molar-refractivity contribution in [3.05, 3.63) is 71.8 Å². The zero-order chi connectivity index (χ0) is 19.2. The van der Waals surface area contributed by atoms with Gasteiger partial charge in [0.15, 0.2) is 0 Å². The summed E-state index contributed by atoms with van der Waals surface area (Å²) in [6.45, 7) is 5.65. The summed E-state index contributed by atoms with van der Waals surface area (Å²) in [4.78, 5) is 2.50. The Kier molecular flexibility index (Phi) is 6.91. The minimum Gasteiger partial charge on any atom is -0.381 e. The van der Waals surface area contributed by atoms with Crippen LogP contribution in [0.4, 0.5) is 0 Å². The van der Waals surface area contributed by atoms with E-state index in [0.29, 0.717) is 5.92 Å². The van der Waals surface area contributed by atoms with Crippen LogP contribution in [0.1, 0.15) is 29.2 Å². The van der Waals surface area contributed by atoms with Crippen LogP contribution in [-0.4, -0.2) is 53.9 Å². The van der Waals surface area contributed by atoms with E-state index in [1.807, 2.05) is 36.4 Å². The third-order valence-corrected chi connectivity index (χ3v) is 7.68. The molecule has 2 fully saturated rings. The van der Waals surface area contributed by atoms with Gasteiger partial charge in [-0.3, -0.25) is 9.11 Å². The van der Waals surface area contributed by atoms with Gasteiger partial charge in [-0.1, -0.05) is 60.7 Å². The minimum absolute atomic E-state index is 0.0148. The first-order chi connectivity index (χ1) is 13.8. The molecule has 1 N–H and O–H groups in total. The number of nitrogens with zero attached hydrogens (tertiary/aromatic N) is 1. The fourth-order valence-electron chi connectivity index (χ4n) is 4.27. The largest absolute Gasteiger partial charge is 0.381 e. The van der Waals surface area contributed by atoms with Crippen molar-refractivity contribution in [1.29, 1.82) is 0 Å². The number of benzene rings is 2. The summed E-state index contributed by atoms with van der Waals surface area (Å²) < 4.78 is 19.2. The molecule has 2 aliphatic rings. The van der Waals surface area contributed by atoms with Gasteiger partial charge in [-0.25, -0.2) is 0 Å². The molecule has 0 spiro atoms. The maximum absolute atomic E-state index is 13.7. The number of hydrogen-bond acceptors (Lipinski definition) is 4. The van der Waals surface area contributed by atoms with E-state index in [-0.39, 0.29) is 10.6 Å².